The van der Waals surface area contributed by atoms with Crippen LogP contribution in [0.2, 0.25) is 0 Å². The van der Waals surface area contributed by atoms with Crippen LogP contribution in [0.25, 0.3) is 0 Å². The summed E-state index contributed by atoms with van der Waals surface area (Å²) in [6.07, 6.45) is 1.09. The maximum Gasteiger partial charge on any atom is 0.141 e. The van der Waals surface area contributed by atoms with Gasteiger partial charge in [-0.25, -0.2) is 0 Å². The fourth-order valence-electron chi connectivity index (χ4n) is 1.61. The van der Waals surface area contributed by atoms with E-state index in [1.807, 2.05) is 12.1 Å². The van der Waals surface area contributed by atoms with Gasteiger partial charge in [0.15, 0.2) is 0 Å². The molecule has 90 valence electrons. The molecule has 0 heterocycles. The Kier molecular flexibility index (Phi) is 5.12. The largest absolute Gasteiger partial charge is 0.495 e. The fourth-order valence-corrected chi connectivity index (χ4v) is 1.61. The van der Waals surface area contributed by atoms with Crippen LogP contribution in [0.5, 0.6) is 5.75 Å². The minimum Gasteiger partial charge on any atom is -0.495 e. The number of methoxy groups -OCH3 is 1. The summed E-state index contributed by atoms with van der Waals surface area (Å²) >= 11 is 0. The summed E-state index contributed by atoms with van der Waals surface area (Å²) < 4.78 is 5.31. The van der Waals surface area contributed by atoms with Crippen LogP contribution < -0.4 is 15.8 Å². The first-order chi connectivity index (χ1) is 7.71. The summed E-state index contributed by atoms with van der Waals surface area (Å²) in [5.41, 5.74) is 7.95. The number of rotatable bonds is 6. The van der Waals surface area contributed by atoms with Crippen molar-refractivity contribution in [3.63, 3.8) is 0 Å². The van der Waals surface area contributed by atoms with Crippen LogP contribution in [-0.2, 0) is 0 Å². The highest BCUT2D eigenvalue weighted by molar-refractivity contribution is 5.57. The lowest BCUT2D eigenvalue weighted by Gasteiger charge is -2.16. The zero-order chi connectivity index (χ0) is 12.0. The Balaban J connectivity index is 2.68. The molecule has 1 unspecified atom stereocenters. The van der Waals surface area contributed by atoms with Crippen molar-refractivity contribution in [3.8, 4) is 5.75 Å². The molecule has 0 aliphatic carbocycles. The summed E-state index contributed by atoms with van der Waals surface area (Å²) in [6.45, 7) is 5.85. The van der Waals surface area contributed by atoms with E-state index in [-0.39, 0.29) is 0 Å². The lowest BCUT2D eigenvalue weighted by Crippen LogP contribution is -2.22. The van der Waals surface area contributed by atoms with Crippen LogP contribution in [0.3, 0.4) is 0 Å². The second-order valence-corrected chi connectivity index (χ2v) is 4.09. The molecule has 16 heavy (non-hydrogen) atoms. The third-order valence-electron chi connectivity index (χ3n) is 2.85. The summed E-state index contributed by atoms with van der Waals surface area (Å²) in [7, 11) is 1.69. The van der Waals surface area contributed by atoms with E-state index in [4.69, 9.17) is 10.5 Å². The van der Waals surface area contributed by atoms with E-state index in [1.54, 1.807) is 7.11 Å². The molecule has 0 fully saturated rings. The van der Waals surface area contributed by atoms with Crippen molar-refractivity contribution in [3.05, 3.63) is 23.8 Å². The van der Waals surface area contributed by atoms with E-state index in [9.17, 15) is 0 Å². The SMILES string of the molecule is CCC(CN)CNc1cc(C)ccc1OC. The highest BCUT2D eigenvalue weighted by Gasteiger charge is 2.06. The Hall–Kier alpha value is -1.22. The number of hydrogen-bond donors (Lipinski definition) is 2. The molecule has 1 aromatic rings. The standard InChI is InChI=1S/C13H22N2O/c1-4-11(8-14)9-15-12-7-10(2)5-6-13(12)16-3/h5-7,11,15H,4,8-9,14H2,1-3H3. The number of hydrogen-bond acceptors (Lipinski definition) is 3. The Morgan fingerprint density at radius 3 is 2.75 bits per heavy atom. The van der Waals surface area contributed by atoms with Crippen molar-refractivity contribution in [2.75, 3.05) is 25.5 Å². The smallest absolute Gasteiger partial charge is 0.141 e. The van der Waals surface area contributed by atoms with Gasteiger partial charge < -0.3 is 15.8 Å². The summed E-state index contributed by atoms with van der Waals surface area (Å²) in [4.78, 5) is 0. The second kappa shape index (κ2) is 6.38. The van der Waals surface area contributed by atoms with Crippen molar-refractivity contribution in [1.82, 2.24) is 0 Å². The number of anilines is 1. The lowest BCUT2D eigenvalue weighted by molar-refractivity contribution is 0.415. The molecule has 3 N–H and O–H groups in total. The number of aryl methyl sites for hydroxylation is 1. The third-order valence-corrected chi connectivity index (χ3v) is 2.85. The Morgan fingerprint density at radius 1 is 1.44 bits per heavy atom. The lowest BCUT2D eigenvalue weighted by atomic mass is 10.1. The molecule has 1 aromatic carbocycles. The molecule has 1 rings (SSSR count). The summed E-state index contributed by atoms with van der Waals surface area (Å²) in [5, 5.41) is 3.40. The Morgan fingerprint density at radius 2 is 2.19 bits per heavy atom. The van der Waals surface area contributed by atoms with E-state index in [0.29, 0.717) is 5.92 Å². The van der Waals surface area contributed by atoms with Gasteiger partial charge in [0.05, 0.1) is 12.8 Å². The van der Waals surface area contributed by atoms with Crippen LogP contribution in [0.1, 0.15) is 18.9 Å². The molecule has 3 heteroatoms. The van der Waals surface area contributed by atoms with E-state index in [2.05, 4.69) is 25.2 Å². The molecule has 0 amide bonds. The molecular weight excluding hydrogens is 200 g/mol. The van der Waals surface area contributed by atoms with Gasteiger partial charge in [-0.3, -0.25) is 0 Å². The van der Waals surface area contributed by atoms with Crippen molar-refractivity contribution in [2.45, 2.75) is 20.3 Å². The minimum absolute atomic E-state index is 0.519. The molecule has 0 aromatic heterocycles. The quantitative estimate of drug-likeness (QED) is 0.777. The normalized spacial score (nSPS) is 12.2. The van der Waals surface area contributed by atoms with Gasteiger partial charge in [-0.05, 0) is 37.1 Å². The second-order valence-electron chi connectivity index (χ2n) is 4.09. The van der Waals surface area contributed by atoms with Crippen LogP contribution in [0.15, 0.2) is 18.2 Å². The molecular formula is C13H22N2O. The first-order valence-corrected chi connectivity index (χ1v) is 5.79. The average Bonchev–Trinajstić information content (AvgIpc) is 2.30. The van der Waals surface area contributed by atoms with Crippen molar-refractivity contribution < 1.29 is 4.74 Å². The van der Waals surface area contributed by atoms with Gasteiger partial charge in [-0.1, -0.05) is 19.4 Å². The molecule has 0 saturated carbocycles. The Labute approximate surface area is 98.0 Å². The Bertz CT molecular complexity index is 322. The monoisotopic (exact) mass is 222 g/mol. The van der Waals surface area contributed by atoms with Crippen molar-refractivity contribution in [1.29, 1.82) is 0 Å². The first kappa shape index (κ1) is 12.8. The molecule has 0 aliphatic rings. The van der Waals surface area contributed by atoms with Crippen LogP contribution in [0, 0.1) is 12.8 Å². The van der Waals surface area contributed by atoms with E-state index in [1.165, 1.54) is 5.56 Å². The number of nitrogens with one attached hydrogen (secondary N) is 1. The van der Waals surface area contributed by atoms with Gasteiger partial charge in [0, 0.05) is 6.54 Å². The molecule has 3 nitrogen and oxygen atoms in total. The van der Waals surface area contributed by atoms with E-state index in [0.717, 1.165) is 30.9 Å². The van der Waals surface area contributed by atoms with Gasteiger partial charge in [0.2, 0.25) is 0 Å². The van der Waals surface area contributed by atoms with Crippen molar-refractivity contribution in [2.24, 2.45) is 11.7 Å². The molecule has 0 aliphatic heterocycles. The van der Waals surface area contributed by atoms with Crippen LogP contribution in [-0.4, -0.2) is 20.2 Å². The molecule has 0 radical (unpaired) electrons. The zero-order valence-electron chi connectivity index (χ0n) is 10.4. The highest BCUT2D eigenvalue weighted by atomic mass is 16.5. The van der Waals surface area contributed by atoms with Crippen molar-refractivity contribution >= 4 is 5.69 Å². The third kappa shape index (κ3) is 3.42. The molecule has 0 spiro atoms. The number of benzene rings is 1. The number of ether oxygens (including phenoxy) is 1. The van der Waals surface area contributed by atoms with Gasteiger partial charge in [0.1, 0.15) is 5.75 Å². The van der Waals surface area contributed by atoms with E-state index >= 15 is 0 Å². The maximum absolute atomic E-state index is 5.68. The highest BCUT2D eigenvalue weighted by Crippen LogP contribution is 2.25. The first-order valence-electron chi connectivity index (χ1n) is 5.79. The van der Waals surface area contributed by atoms with Gasteiger partial charge in [-0.15, -0.1) is 0 Å². The van der Waals surface area contributed by atoms with Crippen LogP contribution in [0.4, 0.5) is 5.69 Å². The van der Waals surface area contributed by atoms with Gasteiger partial charge >= 0.3 is 0 Å². The topological polar surface area (TPSA) is 47.3 Å². The summed E-state index contributed by atoms with van der Waals surface area (Å²) in [5.74, 6) is 1.41. The molecule has 0 bridgehead atoms. The van der Waals surface area contributed by atoms with E-state index < -0.39 is 0 Å². The van der Waals surface area contributed by atoms with Gasteiger partial charge in [-0.2, -0.15) is 0 Å². The number of nitrogens with two attached hydrogens (primary N) is 1. The predicted molar refractivity (Wildman–Crippen MR) is 69.1 cm³/mol. The maximum atomic E-state index is 5.68. The fraction of sp³-hybridized carbons (Fsp3) is 0.538. The molecule has 1 atom stereocenters. The molecule has 0 saturated heterocycles. The minimum atomic E-state index is 0.519. The van der Waals surface area contributed by atoms with Gasteiger partial charge in [0.25, 0.3) is 0 Å². The average molecular weight is 222 g/mol. The summed E-state index contributed by atoms with van der Waals surface area (Å²) in [6, 6.07) is 6.13. The zero-order valence-corrected chi connectivity index (χ0v) is 10.4. The predicted octanol–water partition coefficient (Wildman–Crippen LogP) is 2.40. The van der Waals surface area contributed by atoms with Crippen LogP contribution >= 0.6 is 0 Å².